The minimum Gasteiger partial charge on any atom is -0.207 e. The first-order valence-electron chi connectivity index (χ1n) is 6.40. The molecule has 2 rings (SSSR count). The van der Waals surface area contributed by atoms with Crippen molar-refractivity contribution in [3.8, 4) is 0 Å². The molecule has 0 bridgehead atoms. The highest BCUT2D eigenvalue weighted by atomic mass is 79.9. The summed E-state index contributed by atoms with van der Waals surface area (Å²) in [5, 5.41) is 0. The van der Waals surface area contributed by atoms with Crippen LogP contribution in [-0.2, 0) is 10.0 Å². The molecule has 0 saturated carbocycles. The van der Waals surface area contributed by atoms with E-state index in [-0.39, 0.29) is 0 Å². The Bertz CT molecular complexity index is 560. The van der Waals surface area contributed by atoms with Gasteiger partial charge in [-0.2, -0.15) is 4.31 Å². The molecule has 0 aromatic heterocycles. The molecule has 3 nitrogen and oxygen atoms in total. The van der Waals surface area contributed by atoms with Crippen molar-refractivity contribution in [3.63, 3.8) is 0 Å². The zero-order valence-electron chi connectivity index (χ0n) is 10.8. The lowest BCUT2D eigenvalue weighted by molar-refractivity contribution is 0.261. The Labute approximate surface area is 131 Å². The van der Waals surface area contributed by atoms with Crippen LogP contribution in [0, 0.1) is 5.92 Å². The van der Waals surface area contributed by atoms with Crippen molar-refractivity contribution >= 4 is 41.9 Å². The Kier molecular flexibility index (Phi) is 5.09. The van der Waals surface area contributed by atoms with Crippen LogP contribution in [0.2, 0.25) is 0 Å². The number of sulfonamides is 1. The molecule has 1 heterocycles. The molecular formula is C13H17Br2NO2S. The van der Waals surface area contributed by atoms with Gasteiger partial charge in [-0.25, -0.2) is 8.42 Å². The number of halogens is 2. The first-order chi connectivity index (χ1) is 8.95. The maximum absolute atomic E-state index is 12.7. The van der Waals surface area contributed by atoms with Gasteiger partial charge in [0.25, 0.3) is 0 Å². The third kappa shape index (κ3) is 3.40. The summed E-state index contributed by atoms with van der Waals surface area (Å²) < 4.78 is 28.4. The fraction of sp³-hybridized carbons (Fsp3) is 0.538. The van der Waals surface area contributed by atoms with E-state index in [0.717, 1.165) is 23.7 Å². The average molecular weight is 411 g/mol. The Morgan fingerprint density at radius 2 is 2.11 bits per heavy atom. The largest absolute Gasteiger partial charge is 0.244 e. The lowest BCUT2D eigenvalue weighted by Gasteiger charge is -2.31. The SMILES string of the molecule is CCC1CCCN(S(=O)(=O)c2cc(Br)ccc2Br)C1. The van der Waals surface area contributed by atoms with Crippen LogP contribution in [-0.4, -0.2) is 25.8 Å². The number of piperidine rings is 1. The predicted octanol–water partition coefficient (Wildman–Crippen LogP) is 4.02. The van der Waals surface area contributed by atoms with Crippen molar-refractivity contribution in [3.05, 3.63) is 27.1 Å². The van der Waals surface area contributed by atoms with Gasteiger partial charge < -0.3 is 0 Å². The summed E-state index contributed by atoms with van der Waals surface area (Å²) in [6, 6.07) is 5.25. The summed E-state index contributed by atoms with van der Waals surface area (Å²) in [6.07, 6.45) is 3.11. The van der Waals surface area contributed by atoms with E-state index in [1.165, 1.54) is 0 Å². The van der Waals surface area contributed by atoms with Gasteiger partial charge in [0.1, 0.15) is 0 Å². The van der Waals surface area contributed by atoms with E-state index >= 15 is 0 Å². The molecule has 1 atom stereocenters. The average Bonchev–Trinajstić information content (AvgIpc) is 2.41. The lowest BCUT2D eigenvalue weighted by atomic mass is 9.97. The number of hydrogen-bond acceptors (Lipinski definition) is 2. The molecular weight excluding hydrogens is 394 g/mol. The quantitative estimate of drug-likeness (QED) is 0.754. The minimum absolute atomic E-state index is 0.346. The summed E-state index contributed by atoms with van der Waals surface area (Å²) >= 11 is 6.67. The van der Waals surface area contributed by atoms with Crippen LogP contribution in [0.15, 0.2) is 32.0 Å². The number of nitrogens with zero attached hydrogens (tertiary/aromatic N) is 1. The lowest BCUT2D eigenvalue weighted by Crippen LogP contribution is -2.39. The zero-order valence-corrected chi connectivity index (χ0v) is 14.8. The smallest absolute Gasteiger partial charge is 0.207 e. The molecule has 19 heavy (non-hydrogen) atoms. The fourth-order valence-corrected chi connectivity index (χ4v) is 5.41. The Hall–Kier alpha value is 0.0900. The monoisotopic (exact) mass is 409 g/mol. The summed E-state index contributed by atoms with van der Waals surface area (Å²) in [5.41, 5.74) is 0. The van der Waals surface area contributed by atoms with Gasteiger partial charge in [0.2, 0.25) is 10.0 Å². The Morgan fingerprint density at radius 3 is 2.79 bits per heavy atom. The van der Waals surface area contributed by atoms with Gasteiger partial charge >= 0.3 is 0 Å². The van der Waals surface area contributed by atoms with Crippen molar-refractivity contribution in [2.45, 2.75) is 31.1 Å². The molecule has 0 radical (unpaired) electrons. The second-order valence-electron chi connectivity index (χ2n) is 4.85. The maximum Gasteiger partial charge on any atom is 0.244 e. The standard InChI is InChI=1S/C13H17Br2NO2S/c1-2-10-4-3-7-16(9-10)19(17,18)13-8-11(14)5-6-12(13)15/h5-6,8,10H,2-4,7,9H2,1H3. The molecule has 1 aliphatic heterocycles. The van der Waals surface area contributed by atoms with Gasteiger partial charge in [0.15, 0.2) is 0 Å². The molecule has 0 spiro atoms. The summed E-state index contributed by atoms with van der Waals surface area (Å²) in [5.74, 6) is 0.481. The minimum atomic E-state index is -3.40. The number of hydrogen-bond donors (Lipinski definition) is 0. The van der Waals surface area contributed by atoms with Crippen LogP contribution < -0.4 is 0 Å². The van der Waals surface area contributed by atoms with E-state index in [4.69, 9.17) is 0 Å². The van der Waals surface area contributed by atoms with E-state index in [9.17, 15) is 8.42 Å². The highest BCUT2D eigenvalue weighted by Crippen LogP contribution is 2.31. The molecule has 1 aromatic carbocycles. The van der Waals surface area contributed by atoms with Crippen LogP contribution in [0.5, 0.6) is 0 Å². The third-order valence-electron chi connectivity index (χ3n) is 3.57. The predicted molar refractivity (Wildman–Crippen MR) is 83.6 cm³/mol. The van der Waals surface area contributed by atoms with Gasteiger partial charge in [-0.15, -0.1) is 0 Å². The second kappa shape index (κ2) is 6.24. The van der Waals surface area contributed by atoms with Crippen LogP contribution in [0.4, 0.5) is 0 Å². The van der Waals surface area contributed by atoms with E-state index < -0.39 is 10.0 Å². The van der Waals surface area contributed by atoms with Gasteiger partial charge in [0, 0.05) is 22.0 Å². The van der Waals surface area contributed by atoms with Crippen molar-refractivity contribution in [2.75, 3.05) is 13.1 Å². The second-order valence-corrected chi connectivity index (χ2v) is 8.53. The molecule has 1 aromatic rings. The van der Waals surface area contributed by atoms with E-state index in [1.807, 2.05) is 6.07 Å². The molecule has 0 aliphatic carbocycles. The summed E-state index contributed by atoms with van der Waals surface area (Å²) in [4.78, 5) is 0.346. The van der Waals surface area contributed by atoms with Crippen LogP contribution in [0.1, 0.15) is 26.2 Å². The molecule has 1 aliphatic rings. The molecule has 1 unspecified atom stereocenters. The summed E-state index contributed by atoms with van der Waals surface area (Å²) in [6.45, 7) is 3.38. The molecule has 1 fully saturated rings. The first kappa shape index (κ1) is 15.5. The Morgan fingerprint density at radius 1 is 1.37 bits per heavy atom. The van der Waals surface area contributed by atoms with Crippen LogP contribution >= 0.6 is 31.9 Å². The Balaban J connectivity index is 2.34. The van der Waals surface area contributed by atoms with Gasteiger partial charge in [0.05, 0.1) is 4.90 Å². The number of rotatable bonds is 3. The molecule has 6 heteroatoms. The highest BCUT2D eigenvalue weighted by molar-refractivity contribution is 9.11. The molecule has 1 saturated heterocycles. The van der Waals surface area contributed by atoms with Crippen molar-refractivity contribution < 1.29 is 8.42 Å². The molecule has 0 N–H and O–H groups in total. The van der Waals surface area contributed by atoms with E-state index in [0.29, 0.717) is 28.4 Å². The zero-order chi connectivity index (χ0) is 14.0. The molecule has 106 valence electrons. The van der Waals surface area contributed by atoms with E-state index in [2.05, 4.69) is 38.8 Å². The van der Waals surface area contributed by atoms with Crippen molar-refractivity contribution in [2.24, 2.45) is 5.92 Å². The van der Waals surface area contributed by atoms with Crippen molar-refractivity contribution in [1.29, 1.82) is 0 Å². The van der Waals surface area contributed by atoms with Crippen LogP contribution in [0.3, 0.4) is 0 Å². The third-order valence-corrected chi connectivity index (χ3v) is 6.92. The van der Waals surface area contributed by atoms with E-state index in [1.54, 1.807) is 16.4 Å². The highest BCUT2D eigenvalue weighted by Gasteiger charge is 2.30. The normalized spacial score (nSPS) is 21.5. The fourth-order valence-electron chi connectivity index (χ4n) is 2.39. The maximum atomic E-state index is 12.7. The number of benzene rings is 1. The first-order valence-corrected chi connectivity index (χ1v) is 9.43. The van der Waals surface area contributed by atoms with Gasteiger partial charge in [-0.05, 0) is 52.9 Å². The topological polar surface area (TPSA) is 37.4 Å². The molecule has 0 amide bonds. The van der Waals surface area contributed by atoms with Gasteiger partial charge in [-0.1, -0.05) is 29.3 Å². The van der Waals surface area contributed by atoms with Gasteiger partial charge in [-0.3, -0.25) is 0 Å². The van der Waals surface area contributed by atoms with Crippen molar-refractivity contribution in [1.82, 2.24) is 4.31 Å². The van der Waals surface area contributed by atoms with Crippen LogP contribution in [0.25, 0.3) is 0 Å². The summed E-state index contributed by atoms with van der Waals surface area (Å²) in [7, 11) is -3.40.